The number of hydrogen-bond acceptors (Lipinski definition) is 8. The minimum atomic E-state index is -1.80. The first-order valence-corrected chi connectivity index (χ1v) is 36.5. The predicted octanol–water partition coefficient (Wildman–Crippen LogP) is 19.5. The smallest absolute Gasteiger partial charge is 0.326 e. The van der Waals surface area contributed by atoms with Crippen molar-refractivity contribution in [3.05, 3.63) is 93.5 Å². The summed E-state index contributed by atoms with van der Waals surface area (Å²) in [4.78, 5) is 27.3. The van der Waals surface area contributed by atoms with Crippen molar-refractivity contribution in [2.75, 3.05) is 33.0 Å². The van der Waals surface area contributed by atoms with E-state index >= 15 is 0 Å². The molecule has 1 amide bonds. The fraction of sp³-hybridized carbons (Fsp3) is 0.701. The van der Waals surface area contributed by atoms with Crippen molar-refractivity contribution in [3.63, 3.8) is 0 Å². The number of nitrogens with two attached hydrogens (primary N) is 1. The molecule has 3 N–H and O–H groups in total. The zero-order valence-corrected chi connectivity index (χ0v) is 56.1. The SMILES string of the molecule is CC(C)C[C@H](N)C(=O)NCC(=O)OC(c1ccc(Cl)cc1)(c1ccc(Cl)cc1)c1cc(OCCCCCCCCCCCO[Si](C(C)C)(C(C)C)C(C)C)cc(OCCCCCCCCCCCO[Si](C(C)C)(C(C)C)C(C)C)c1. The second-order valence-corrected chi connectivity index (χ2v) is 37.0. The normalized spacial score (nSPS) is 12.9. The van der Waals surface area contributed by atoms with Crippen LogP contribution in [0.1, 0.15) is 236 Å². The molecule has 3 rings (SSSR count). The first kappa shape index (κ1) is 71.4. The lowest BCUT2D eigenvalue weighted by atomic mass is 9.79. The van der Waals surface area contributed by atoms with Gasteiger partial charge in [-0.2, -0.15) is 0 Å². The third-order valence-corrected chi connectivity index (χ3v) is 29.5. The minimum Gasteiger partial charge on any atom is -0.493 e. The van der Waals surface area contributed by atoms with Crippen LogP contribution in [-0.2, 0) is 28.8 Å². The Bertz CT molecular complexity index is 2000. The maximum Gasteiger partial charge on any atom is 0.326 e. The molecule has 0 saturated carbocycles. The van der Waals surface area contributed by atoms with E-state index in [1.165, 1.54) is 64.2 Å². The Hall–Kier alpha value is -2.91. The Morgan fingerprint density at radius 2 is 0.775 bits per heavy atom. The summed E-state index contributed by atoms with van der Waals surface area (Å²) in [6.07, 6.45) is 21.4. The molecule has 0 aliphatic carbocycles. The van der Waals surface area contributed by atoms with Gasteiger partial charge in [0.15, 0.2) is 22.2 Å². The molecular weight excluding hydrogens is 1070 g/mol. The van der Waals surface area contributed by atoms with Crippen molar-refractivity contribution in [1.82, 2.24) is 5.32 Å². The third kappa shape index (κ3) is 22.6. The van der Waals surface area contributed by atoms with Crippen LogP contribution in [0, 0.1) is 5.92 Å². The molecule has 13 heteroatoms. The van der Waals surface area contributed by atoms with E-state index in [0.29, 0.717) is 91.1 Å². The molecule has 0 heterocycles. The lowest BCUT2D eigenvalue weighted by molar-refractivity contribution is -0.153. The Morgan fingerprint density at radius 1 is 0.463 bits per heavy atom. The molecule has 0 radical (unpaired) electrons. The summed E-state index contributed by atoms with van der Waals surface area (Å²) < 4.78 is 33.5. The molecule has 454 valence electrons. The minimum absolute atomic E-state index is 0.210. The van der Waals surface area contributed by atoms with Crippen LogP contribution < -0.4 is 20.5 Å². The van der Waals surface area contributed by atoms with Crippen molar-refractivity contribution in [3.8, 4) is 11.5 Å². The standard InChI is InChI=1S/C67H112Cl2N2O7Si2/c1-50(2)45-64(70)66(73)71-49-65(72)78-67(57-33-37-60(68)38-34-57,58-35-39-61(69)40-36-58)59-46-62(74-41-29-25-21-17-15-19-23-27-31-43-76-79(51(3)4,52(5)6)53(7)8)48-63(47-59)75-42-30-26-22-18-16-20-24-28-32-44-77-80(54(9)10,55(11)12)56(13)14/h33-40,46-48,50-56,64H,15-32,41-45,49,70H2,1-14H3,(H,71,73)/t64-/m0/s1. The summed E-state index contributed by atoms with van der Waals surface area (Å²) in [7, 11) is -3.59. The van der Waals surface area contributed by atoms with E-state index < -0.39 is 40.2 Å². The van der Waals surface area contributed by atoms with Crippen molar-refractivity contribution in [2.24, 2.45) is 11.7 Å². The third-order valence-electron chi connectivity index (χ3n) is 16.8. The van der Waals surface area contributed by atoms with Gasteiger partial charge in [-0.1, -0.05) is 234 Å². The van der Waals surface area contributed by atoms with Crippen LogP contribution in [-0.4, -0.2) is 67.5 Å². The Labute approximate surface area is 500 Å². The van der Waals surface area contributed by atoms with Crippen LogP contribution in [0.5, 0.6) is 11.5 Å². The molecular formula is C67H112Cl2N2O7Si2. The highest BCUT2D eigenvalue weighted by Crippen LogP contribution is 2.46. The molecule has 80 heavy (non-hydrogen) atoms. The summed E-state index contributed by atoms with van der Waals surface area (Å²) in [5.41, 5.74) is 10.3. The number of hydrogen-bond donors (Lipinski definition) is 2. The number of unbranched alkanes of at least 4 members (excludes halogenated alkanes) is 16. The summed E-state index contributed by atoms with van der Waals surface area (Å²) in [5.74, 6) is 0.369. The van der Waals surface area contributed by atoms with Crippen LogP contribution in [0.3, 0.4) is 0 Å². The number of benzene rings is 3. The van der Waals surface area contributed by atoms with E-state index in [1.807, 2.05) is 56.3 Å². The lowest BCUT2D eigenvalue weighted by Gasteiger charge is -2.42. The second kappa shape index (κ2) is 37.4. The average Bonchev–Trinajstić information content (AvgIpc) is 3.60. The Morgan fingerprint density at radius 3 is 1.09 bits per heavy atom. The van der Waals surface area contributed by atoms with Gasteiger partial charge in [0.1, 0.15) is 18.0 Å². The van der Waals surface area contributed by atoms with Gasteiger partial charge in [-0.15, -0.1) is 0 Å². The van der Waals surface area contributed by atoms with Gasteiger partial charge in [0.05, 0.1) is 19.3 Å². The lowest BCUT2D eigenvalue weighted by Crippen LogP contribution is -2.47. The number of esters is 1. The van der Waals surface area contributed by atoms with Gasteiger partial charge in [-0.05, 0) is 108 Å². The molecule has 0 spiro atoms. The van der Waals surface area contributed by atoms with E-state index in [9.17, 15) is 9.59 Å². The average molecular weight is 1180 g/mol. The monoisotopic (exact) mass is 1180 g/mol. The van der Waals surface area contributed by atoms with Gasteiger partial charge in [-0.25, -0.2) is 0 Å². The fourth-order valence-electron chi connectivity index (χ4n) is 12.9. The first-order valence-electron chi connectivity index (χ1n) is 31.5. The highest BCUT2D eigenvalue weighted by atomic mass is 35.5. The molecule has 9 nitrogen and oxygen atoms in total. The van der Waals surface area contributed by atoms with Gasteiger partial charge in [0.25, 0.3) is 0 Å². The molecule has 3 aromatic carbocycles. The summed E-state index contributed by atoms with van der Waals surface area (Å²) in [5, 5.41) is 3.79. The maximum absolute atomic E-state index is 14.2. The first-order chi connectivity index (χ1) is 38.0. The summed E-state index contributed by atoms with van der Waals surface area (Å²) >= 11 is 13.0. The van der Waals surface area contributed by atoms with Gasteiger partial charge < -0.3 is 34.1 Å². The van der Waals surface area contributed by atoms with Crippen molar-refractivity contribution in [2.45, 2.75) is 264 Å². The van der Waals surface area contributed by atoms with Gasteiger partial charge in [-0.3, -0.25) is 9.59 Å². The Kier molecular flexibility index (Phi) is 33.4. The fourth-order valence-corrected chi connectivity index (χ4v) is 24.1. The number of nitrogens with one attached hydrogen (secondary N) is 1. The molecule has 0 bridgehead atoms. The zero-order valence-electron chi connectivity index (χ0n) is 52.6. The number of carbonyl (C=O) groups is 2. The summed E-state index contributed by atoms with van der Waals surface area (Å²) in [6.45, 7) is 34.8. The maximum atomic E-state index is 14.2. The van der Waals surface area contributed by atoms with Crippen LogP contribution >= 0.6 is 23.2 Å². The highest BCUT2D eigenvalue weighted by Gasteiger charge is 2.46. The predicted molar refractivity (Wildman–Crippen MR) is 344 cm³/mol. The quantitative estimate of drug-likeness (QED) is 0.0249. The van der Waals surface area contributed by atoms with Crippen molar-refractivity contribution in [1.29, 1.82) is 0 Å². The zero-order chi connectivity index (χ0) is 59.3. The number of rotatable bonds is 43. The number of carbonyl (C=O) groups excluding carboxylic acids is 2. The summed E-state index contributed by atoms with van der Waals surface area (Å²) in [6, 6.07) is 19.6. The van der Waals surface area contributed by atoms with E-state index in [4.69, 9.17) is 52.0 Å². The van der Waals surface area contributed by atoms with Crippen LogP contribution in [0.25, 0.3) is 0 Å². The van der Waals surface area contributed by atoms with E-state index in [-0.39, 0.29) is 12.5 Å². The van der Waals surface area contributed by atoms with E-state index in [1.54, 1.807) is 24.3 Å². The van der Waals surface area contributed by atoms with E-state index in [2.05, 4.69) is 88.4 Å². The highest BCUT2D eigenvalue weighted by molar-refractivity contribution is 6.78. The Balaban J connectivity index is 1.72. The molecule has 3 aromatic rings. The molecule has 0 aromatic heterocycles. The molecule has 1 atom stereocenters. The van der Waals surface area contributed by atoms with Crippen LogP contribution in [0.15, 0.2) is 66.7 Å². The molecule has 0 aliphatic rings. The van der Waals surface area contributed by atoms with Crippen molar-refractivity contribution < 1.29 is 32.7 Å². The van der Waals surface area contributed by atoms with Crippen molar-refractivity contribution >= 4 is 51.7 Å². The number of halogens is 2. The van der Waals surface area contributed by atoms with Crippen LogP contribution in [0.2, 0.25) is 43.3 Å². The molecule has 0 unspecified atom stereocenters. The van der Waals surface area contributed by atoms with E-state index in [0.717, 1.165) is 64.6 Å². The molecule has 0 fully saturated rings. The van der Waals surface area contributed by atoms with Crippen LogP contribution in [0.4, 0.5) is 0 Å². The molecule has 0 saturated heterocycles. The second-order valence-electron chi connectivity index (χ2n) is 25.2. The molecule has 0 aliphatic heterocycles. The van der Waals surface area contributed by atoms with Gasteiger partial charge in [0, 0.05) is 46.0 Å². The largest absolute Gasteiger partial charge is 0.493 e. The van der Waals surface area contributed by atoms with Gasteiger partial charge >= 0.3 is 5.97 Å². The van der Waals surface area contributed by atoms with Gasteiger partial charge in [0.2, 0.25) is 5.91 Å². The number of ether oxygens (including phenoxy) is 3. The topological polar surface area (TPSA) is 118 Å². The number of amides is 1.